The molecule has 1 aliphatic carbocycles. The second-order valence-electron chi connectivity index (χ2n) is 8.22. The standard InChI is InChI=1S/C19H29N5O2.ClH/c1-23-17(25)10-15(13-22-23)24-8-2-14(3-9-24)12-21-18(26)16-11-19(16)4-6-20-7-5-19;/h10,13-14,16,20H,2-9,11-12H2,1H3,(H,21,26);1H. The lowest BCUT2D eigenvalue weighted by molar-refractivity contribution is -0.123. The summed E-state index contributed by atoms with van der Waals surface area (Å²) in [5.74, 6) is 1.04. The van der Waals surface area contributed by atoms with Crippen LogP contribution in [0.2, 0.25) is 0 Å². The maximum Gasteiger partial charge on any atom is 0.268 e. The molecule has 2 aliphatic heterocycles. The fraction of sp³-hybridized carbons (Fsp3) is 0.737. The van der Waals surface area contributed by atoms with Gasteiger partial charge in [0.1, 0.15) is 0 Å². The number of carbonyl (C=O) groups excluding carboxylic acids is 1. The van der Waals surface area contributed by atoms with Gasteiger partial charge in [-0.05, 0) is 56.5 Å². The monoisotopic (exact) mass is 395 g/mol. The minimum Gasteiger partial charge on any atom is -0.370 e. The van der Waals surface area contributed by atoms with Crippen molar-refractivity contribution < 1.29 is 4.79 Å². The highest BCUT2D eigenvalue weighted by molar-refractivity contribution is 5.85. The zero-order valence-electron chi connectivity index (χ0n) is 15.9. The lowest BCUT2D eigenvalue weighted by Crippen LogP contribution is -2.40. The number of nitrogens with zero attached hydrogens (tertiary/aromatic N) is 3. The third kappa shape index (κ3) is 4.29. The highest BCUT2D eigenvalue weighted by Crippen LogP contribution is 2.58. The van der Waals surface area contributed by atoms with E-state index < -0.39 is 0 Å². The van der Waals surface area contributed by atoms with Crippen LogP contribution in [-0.4, -0.2) is 48.4 Å². The molecule has 3 heterocycles. The van der Waals surface area contributed by atoms with Crippen molar-refractivity contribution in [3.05, 3.63) is 22.6 Å². The van der Waals surface area contributed by atoms with Crippen LogP contribution in [0.5, 0.6) is 0 Å². The second kappa shape index (κ2) is 8.19. The van der Waals surface area contributed by atoms with Crippen LogP contribution in [0.15, 0.2) is 17.1 Å². The third-order valence-corrected chi connectivity index (χ3v) is 6.60. The van der Waals surface area contributed by atoms with Crippen molar-refractivity contribution in [1.29, 1.82) is 0 Å². The number of amides is 1. The molecule has 0 aromatic carbocycles. The number of anilines is 1. The van der Waals surface area contributed by atoms with Crippen LogP contribution in [0, 0.1) is 17.3 Å². The number of nitrogens with one attached hydrogen (secondary N) is 2. The Labute approximate surface area is 166 Å². The van der Waals surface area contributed by atoms with Crippen LogP contribution in [0.3, 0.4) is 0 Å². The summed E-state index contributed by atoms with van der Waals surface area (Å²) >= 11 is 0. The van der Waals surface area contributed by atoms with Gasteiger partial charge in [-0.15, -0.1) is 12.4 Å². The summed E-state index contributed by atoms with van der Waals surface area (Å²) in [4.78, 5) is 26.5. The zero-order valence-corrected chi connectivity index (χ0v) is 16.8. The number of piperidine rings is 2. The first-order chi connectivity index (χ1) is 12.6. The van der Waals surface area contributed by atoms with E-state index >= 15 is 0 Å². The van der Waals surface area contributed by atoms with Crippen molar-refractivity contribution in [1.82, 2.24) is 20.4 Å². The van der Waals surface area contributed by atoms with Crippen LogP contribution in [0.25, 0.3) is 0 Å². The first-order valence-electron chi connectivity index (χ1n) is 9.84. The van der Waals surface area contributed by atoms with Gasteiger partial charge in [0, 0.05) is 38.7 Å². The van der Waals surface area contributed by atoms with E-state index in [0.717, 1.165) is 70.5 Å². The minimum absolute atomic E-state index is 0. The fourth-order valence-corrected chi connectivity index (χ4v) is 4.59. The summed E-state index contributed by atoms with van der Waals surface area (Å²) in [5, 5.41) is 10.7. The topological polar surface area (TPSA) is 79.3 Å². The molecule has 0 radical (unpaired) electrons. The molecule has 4 rings (SSSR count). The highest BCUT2D eigenvalue weighted by atomic mass is 35.5. The molecule has 3 aliphatic rings. The molecule has 1 aromatic rings. The van der Waals surface area contributed by atoms with Gasteiger partial charge in [0.25, 0.3) is 5.56 Å². The summed E-state index contributed by atoms with van der Waals surface area (Å²) < 4.78 is 1.35. The predicted octanol–water partition coefficient (Wildman–Crippen LogP) is 0.924. The van der Waals surface area contributed by atoms with Crippen LogP contribution in [0.1, 0.15) is 32.1 Å². The van der Waals surface area contributed by atoms with Crippen molar-refractivity contribution in [2.75, 3.05) is 37.6 Å². The van der Waals surface area contributed by atoms with Gasteiger partial charge >= 0.3 is 0 Å². The molecule has 2 N–H and O–H groups in total. The van der Waals surface area contributed by atoms with Gasteiger partial charge in [-0.3, -0.25) is 9.59 Å². The lowest BCUT2D eigenvalue weighted by Gasteiger charge is -2.33. The molecule has 1 aromatic heterocycles. The molecule has 1 atom stereocenters. The average molecular weight is 396 g/mol. The van der Waals surface area contributed by atoms with Crippen molar-refractivity contribution in [3.63, 3.8) is 0 Å². The van der Waals surface area contributed by atoms with Gasteiger partial charge < -0.3 is 15.5 Å². The van der Waals surface area contributed by atoms with E-state index in [1.807, 2.05) is 0 Å². The zero-order chi connectivity index (χ0) is 18.1. The molecule has 1 amide bonds. The van der Waals surface area contributed by atoms with E-state index in [0.29, 0.717) is 11.3 Å². The molecule has 7 nitrogen and oxygen atoms in total. The van der Waals surface area contributed by atoms with E-state index in [1.165, 1.54) is 4.68 Å². The largest absolute Gasteiger partial charge is 0.370 e. The maximum absolute atomic E-state index is 12.5. The Morgan fingerprint density at radius 3 is 2.70 bits per heavy atom. The van der Waals surface area contributed by atoms with Crippen LogP contribution in [-0.2, 0) is 11.8 Å². The molecule has 2 saturated heterocycles. The summed E-state index contributed by atoms with van der Waals surface area (Å²) in [5.41, 5.74) is 1.14. The van der Waals surface area contributed by atoms with Gasteiger partial charge in [-0.2, -0.15) is 5.10 Å². The van der Waals surface area contributed by atoms with Crippen LogP contribution in [0.4, 0.5) is 5.69 Å². The van der Waals surface area contributed by atoms with Gasteiger partial charge in [0.05, 0.1) is 11.9 Å². The fourth-order valence-electron chi connectivity index (χ4n) is 4.59. The quantitative estimate of drug-likeness (QED) is 0.792. The van der Waals surface area contributed by atoms with Gasteiger partial charge in [0.2, 0.25) is 5.91 Å². The first kappa shape index (κ1) is 20.1. The van der Waals surface area contributed by atoms with Gasteiger partial charge in [-0.25, -0.2) is 4.68 Å². The van der Waals surface area contributed by atoms with Crippen molar-refractivity contribution in [2.24, 2.45) is 24.3 Å². The number of hydrogen-bond donors (Lipinski definition) is 2. The molecular weight excluding hydrogens is 366 g/mol. The molecule has 150 valence electrons. The number of rotatable bonds is 4. The van der Waals surface area contributed by atoms with E-state index in [4.69, 9.17) is 0 Å². The van der Waals surface area contributed by atoms with Crippen LogP contribution >= 0.6 is 12.4 Å². The Morgan fingerprint density at radius 2 is 2.04 bits per heavy atom. The summed E-state index contributed by atoms with van der Waals surface area (Å²) in [7, 11) is 1.66. The average Bonchev–Trinajstić information content (AvgIpc) is 3.36. The number of halogens is 1. The summed E-state index contributed by atoms with van der Waals surface area (Å²) in [6, 6.07) is 1.65. The Kier molecular flexibility index (Phi) is 6.11. The molecule has 27 heavy (non-hydrogen) atoms. The van der Waals surface area contributed by atoms with Crippen molar-refractivity contribution >= 4 is 24.0 Å². The molecule has 1 unspecified atom stereocenters. The van der Waals surface area contributed by atoms with E-state index in [1.54, 1.807) is 19.3 Å². The van der Waals surface area contributed by atoms with Gasteiger partial charge in [0.15, 0.2) is 0 Å². The number of carbonyl (C=O) groups is 1. The predicted molar refractivity (Wildman–Crippen MR) is 107 cm³/mol. The smallest absolute Gasteiger partial charge is 0.268 e. The molecule has 8 heteroatoms. The summed E-state index contributed by atoms with van der Waals surface area (Å²) in [6.45, 7) is 4.72. The summed E-state index contributed by atoms with van der Waals surface area (Å²) in [6.07, 6.45) is 7.20. The minimum atomic E-state index is -0.0758. The van der Waals surface area contributed by atoms with E-state index in [9.17, 15) is 9.59 Å². The molecule has 1 spiro atoms. The molecular formula is C19H30ClN5O2. The van der Waals surface area contributed by atoms with Crippen LogP contribution < -0.4 is 21.1 Å². The second-order valence-corrected chi connectivity index (χ2v) is 8.22. The highest BCUT2D eigenvalue weighted by Gasteiger charge is 2.57. The molecule has 0 bridgehead atoms. The van der Waals surface area contributed by atoms with Crippen molar-refractivity contribution in [2.45, 2.75) is 32.1 Å². The lowest BCUT2D eigenvalue weighted by atomic mass is 9.91. The Balaban J connectivity index is 0.00000210. The van der Waals surface area contributed by atoms with Crippen molar-refractivity contribution in [3.8, 4) is 0 Å². The number of aryl methyl sites for hydroxylation is 1. The normalized spacial score (nSPS) is 24.3. The number of hydrogen-bond acceptors (Lipinski definition) is 5. The SMILES string of the molecule is Cl.Cn1ncc(N2CCC(CNC(=O)C3CC34CCNCC4)CC2)cc1=O. The first-order valence-corrected chi connectivity index (χ1v) is 9.84. The number of aromatic nitrogens is 2. The Bertz CT molecular complexity index is 723. The maximum atomic E-state index is 12.5. The van der Waals surface area contributed by atoms with E-state index in [-0.39, 0.29) is 29.8 Å². The molecule has 3 fully saturated rings. The Morgan fingerprint density at radius 1 is 1.33 bits per heavy atom. The Hall–Kier alpha value is -1.60. The third-order valence-electron chi connectivity index (χ3n) is 6.60. The molecule has 1 saturated carbocycles. The van der Waals surface area contributed by atoms with Gasteiger partial charge in [-0.1, -0.05) is 0 Å². The van der Waals surface area contributed by atoms with E-state index in [2.05, 4.69) is 20.6 Å².